The molecule has 1 aromatic carbocycles. The molecule has 1 aromatic rings. The van der Waals surface area contributed by atoms with Gasteiger partial charge < -0.3 is 14.7 Å². The molecule has 2 atom stereocenters. The highest BCUT2D eigenvalue weighted by Gasteiger charge is 2.47. The predicted molar refractivity (Wildman–Crippen MR) is 79.1 cm³/mol. The predicted octanol–water partition coefficient (Wildman–Crippen LogP) is 2.62. The molecule has 21 heavy (non-hydrogen) atoms. The minimum atomic E-state index is -1.07. The third-order valence-corrected chi connectivity index (χ3v) is 4.96. The van der Waals surface area contributed by atoms with Gasteiger partial charge in [-0.25, -0.2) is 4.79 Å². The third kappa shape index (κ3) is 2.80. The Morgan fingerprint density at radius 3 is 2.71 bits per heavy atom. The van der Waals surface area contributed by atoms with E-state index < -0.39 is 18.1 Å². The van der Waals surface area contributed by atoms with Gasteiger partial charge >= 0.3 is 5.97 Å². The summed E-state index contributed by atoms with van der Waals surface area (Å²) in [5.41, 5.74) is 0.676. The van der Waals surface area contributed by atoms with Gasteiger partial charge in [0, 0.05) is 10.5 Å². The molecule has 1 amide bonds. The summed E-state index contributed by atoms with van der Waals surface area (Å²) in [6, 6.07) is 4.68. The van der Waals surface area contributed by atoms with Gasteiger partial charge in [-0.15, -0.1) is 0 Å². The van der Waals surface area contributed by atoms with Crippen molar-refractivity contribution < 1.29 is 19.4 Å². The number of carboxylic acid groups (broad SMARTS) is 1. The summed E-state index contributed by atoms with van der Waals surface area (Å²) in [6.07, 6.45) is 0.734. The Bertz CT molecular complexity index is 605. The standard InChI is InChI=1S/C14H13BrClNO4/c15-9-4-1-7(5-10(9)16)12-13(14(19)20)21-6-11(18)17(12)8-2-3-8/h1,4-5,8,12-13H,2-3,6H2,(H,19,20). The van der Waals surface area contributed by atoms with Gasteiger partial charge in [0.1, 0.15) is 6.61 Å². The maximum Gasteiger partial charge on any atom is 0.335 e. The summed E-state index contributed by atoms with van der Waals surface area (Å²) in [6.45, 7) is -0.186. The molecule has 0 radical (unpaired) electrons. The number of rotatable bonds is 3. The molecule has 0 spiro atoms. The number of carbonyl (C=O) groups is 2. The number of amides is 1. The van der Waals surface area contributed by atoms with E-state index in [1.54, 1.807) is 23.1 Å². The molecule has 3 rings (SSSR count). The lowest BCUT2D eigenvalue weighted by atomic mass is 9.97. The van der Waals surface area contributed by atoms with Crippen LogP contribution in [0, 0.1) is 0 Å². The highest BCUT2D eigenvalue weighted by molar-refractivity contribution is 9.10. The highest BCUT2D eigenvalue weighted by atomic mass is 79.9. The van der Waals surface area contributed by atoms with Gasteiger partial charge in [0.15, 0.2) is 6.10 Å². The second kappa shape index (κ2) is 5.59. The summed E-state index contributed by atoms with van der Waals surface area (Å²) >= 11 is 9.41. The molecule has 1 saturated carbocycles. The molecule has 2 aliphatic rings. The Balaban J connectivity index is 2.03. The lowest BCUT2D eigenvalue weighted by molar-refractivity contribution is -0.174. The number of hydrogen-bond acceptors (Lipinski definition) is 3. The Hall–Kier alpha value is -1.11. The monoisotopic (exact) mass is 373 g/mol. The summed E-state index contributed by atoms with van der Waals surface area (Å²) in [7, 11) is 0. The average molecular weight is 375 g/mol. The van der Waals surface area contributed by atoms with Crippen molar-refractivity contribution in [2.24, 2.45) is 0 Å². The molecule has 1 heterocycles. The topological polar surface area (TPSA) is 66.8 Å². The molecule has 0 aromatic heterocycles. The first kappa shape index (κ1) is 14.8. The molecule has 1 saturated heterocycles. The second-order valence-electron chi connectivity index (χ2n) is 5.22. The van der Waals surface area contributed by atoms with Crippen LogP contribution in [0.5, 0.6) is 0 Å². The molecular weight excluding hydrogens is 362 g/mol. The summed E-state index contributed by atoms with van der Waals surface area (Å²) in [5.74, 6) is -1.24. The van der Waals surface area contributed by atoms with Crippen molar-refractivity contribution in [1.82, 2.24) is 4.90 Å². The van der Waals surface area contributed by atoms with E-state index in [1.165, 1.54) is 0 Å². The molecule has 2 fully saturated rings. The molecule has 5 nitrogen and oxygen atoms in total. The van der Waals surface area contributed by atoms with Gasteiger partial charge in [-0.05, 0) is 46.5 Å². The van der Waals surface area contributed by atoms with Crippen molar-refractivity contribution in [3.63, 3.8) is 0 Å². The quantitative estimate of drug-likeness (QED) is 0.883. The molecule has 1 aliphatic heterocycles. The Labute approximate surface area is 135 Å². The maximum absolute atomic E-state index is 12.1. The summed E-state index contributed by atoms with van der Waals surface area (Å²) < 4.78 is 5.97. The Morgan fingerprint density at radius 1 is 1.43 bits per heavy atom. The first-order valence-electron chi connectivity index (χ1n) is 6.59. The van der Waals surface area contributed by atoms with Crippen molar-refractivity contribution in [2.75, 3.05) is 6.61 Å². The van der Waals surface area contributed by atoms with E-state index in [-0.39, 0.29) is 18.6 Å². The first-order chi connectivity index (χ1) is 9.99. The van der Waals surface area contributed by atoms with Gasteiger partial charge in [-0.1, -0.05) is 17.7 Å². The van der Waals surface area contributed by atoms with Gasteiger partial charge in [0.25, 0.3) is 0 Å². The van der Waals surface area contributed by atoms with Crippen molar-refractivity contribution in [2.45, 2.75) is 31.0 Å². The largest absolute Gasteiger partial charge is 0.479 e. The maximum atomic E-state index is 12.1. The summed E-state index contributed by atoms with van der Waals surface area (Å²) in [4.78, 5) is 25.3. The van der Waals surface area contributed by atoms with Crippen molar-refractivity contribution in [1.29, 1.82) is 0 Å². The van der Waals surface area contributed by atoms with Crippen LogP contribution in [0.2, 0.25) is 5.02 Å². The number of benzene rings is 1. The van der Waals surface area contributed by atoms with Crippen LogP contribution in [0.4, 0.5) is 0 Å². The molecule has 1 N–H and O–H groups in total. The van der Waals surface area contributed by atoms with Crippen LogP contribution in [0.15, 0.2) is 22.7 Å². The Morgan fingerprint density at radius 2 is 2.14 bits per heavy atom. The van der Waals surface area contributed by atoms with Crippen molar-refractivity contribution in [3.8, 4) is 0 Å². The highest BCUT2D eigenvalue weighted by Crippen LogP contribution is 2.40. The zero-order valence-corrected chi connectivity index (χ0v) is 13.3. The third-order valence-electron chi connectivity index (χ3n) is 3.73. The molecule has 2 unspecified atom stereocenters. The number of morpholine rings is 1. The van der Waals surface area contributed by atoms with E-state index in [4.69, 9.17) is 16.3 Å². The second-order valence-corrected chi connectivity index (χ2v) is 6.48. The SMILES string of the molecule is O=C(O)C1OCC(=O)N(C2CC2)C1c1ccc(Br)c(Cl)c1. The van der Waals surface area contributed by atoms with Crippen LogP contribution in [0.3, 0.4) is 0 Å². The minimum absolute atomic E-state index is 0.107. The van der Waals surface area contributed by atoms with E-state index in [9.17, 15) is 14.7 Å². The number of hydrogen-bond donors (Lipinski definition) is 1. The van der Waals surface area contributed by atoms with Gasteiger partial charge in [0.2, 0.25) is 5.91 Å². The molecule has 112 valence electrons. The van der Waals surface area contributed by atoms with Crippen LogP contribution >= 0.6 is 27.5 Å². The molecule has 0 bridgehead atoms. The lowest BCUT2D eigenvalue weighted by Gasteiger charge is -2.39. The molecular formula is C14H13BrClNO4. The molecule has 7 heteroatoms. The summed E-state index contributed by atoms with van der Waals surface area (Å²) in [5, 5.41) is 9.87. The zero-order chi connectivity index (χ0) is 15.1. The first-order valence-corrected chi connectivity index (χ1v) is 7.76. The number of nitrogens with zero attached hydrogens (tertiary/aromatic N) is 1. The fourth-order valence-electron chi connectivity index (χ4n) is 2.65. The van der Waals surface area contributed by atoms with Crippen LogP contribution in [-0.4, -0.2) is 40.6 Å². The van der Waals surface area contributed by atoms with Crippen molar-refractivity contribution in [3.05, 3.63) is 33.3 Å². The normalized spacial score (nSPS) is 26.0. The number of carboxylic acids is 1. The van der Waals surface area contributed by atoms with Crippen LogP contribution in [0.1, 0.15) is 24.4 Å². The Kier molecular flexibility index (Phi) is 3.94. The lowest BCUT2D eigenvalue weighted by Crippen LogP contribution is -2.52. The van der Waals surface area contributed by atoms with Crippen LogP contribution in [-0.2, 0) is 14.3 Å². The van der Waals surface area contributed by atoms with Gasteiger partial charge in [-0.2, -0.15) is 0 Å². The van der Waals surface area contributed by atoms with E-state index in [1.807, 2.05) is 0 Å². The van der Waals surface area contributed by atoms with Gasteiger partial charge in [-0.3, -0.25) is 4.79 Å². The van der Waals surface area contributed by atoms with E-state index in [2.05, 4.69) is 15.9 Å². The van der Waals surface area contributed by atoms with Gasteiger partial charge in [0.05, 0.1) is 11.1 Å². The minimum Gasteiger partial charge on any atom is -0.479 e. The number of carbonyl (C=O) groups excluding carboxylic acids is 1. The van der Waals surface area contributed by atoms with Crippen LogP contribution in [0.25, 0.3) is 0 Å². The van der Waals surface area contributed by atoms with Crippen LogP contribution < -0.4 is 0 Å². The number of aliphatic carboxylic acids is 1. The van der Waals surface area contributed by atoms with E-state index in [0.29, 0.717) is 10.6 Å². The molecule has 1 aliphatic carbocycles. The fourth-order valence-corrected chi connectivity index (χ4v) is 3.08. The number of halogens is 2. The van der Waals surface area contributed by atoms with Crippen molar-refractivity contribution >= 4 is 39.4 Å². The zero-order valence-electron chi connectivity index (χ0n) is 11.0. The van der Waals surface area contributed by atoms with E-state index in [0.717, 1.165) is 17.3 Å². The van der Waals surface area contributed by atoms with E-state index >= 15 is 0 Å². The smallest absolute Gasteiger partial charge is 0.335 e. The number of ether oxygens (including phenoxy) is 1. The average Bonchev–Trinajstić information content (AvgIpc) is 3.25. The fraction of sp³-hybridized carbons (Fsp3) is 0.429.